The predicted octanol–water partition coefficient (Wildman–Crippen LogP) is 3.71. The van der Waals surface area contributed by atoms with E-state index in [-0.39, 0.29) is 5.41 Å². The molecule has 0 fully saturated rings. The number of ether oxygens (including phenoxy) is 1. The predicted molar refractivity (Wildman–Crippen MR) is 78.3 cm³/mol. The standard InChI is InChI=1S/C16H27NO/c1-7-17-15(16(4,5)6)11-18-14-9-8-12(2)10-13(14)3/h8-10,15,17H,7,11H2,1-6H3. The van der Waals surface area contributed by atoms with Crippen LogP contribution < -0.4 is 10.1 Å². The van der Waals surface area contributed by atoms with E-state index in [0.29, 0.717) is 12.6 Å². The Labute approximate surface area is 112 Å². The molecule has 1 N–H and O–H groups in total. The average molecular weight is 249 g/mol. The number of nitrogens with one attached hydrogen (secondary N) is 1. The maximum Gasteiger partial charge on any atom is 0.122 e. The number of benzene rings is 1. The lowest BCUT2D eigenvalue weighted by molar-refractivity contribution is 0.175. The van der Waals surface area contributed by atoms with E-state index < -0.39 is 0 Å². The quantitative estimate of drug-likeness (QED) is 0.859. The highest BCUT2D eigenvalue weighted by Gasteiger charge is 2.24. The van der Waals surface area contributed by atoms with Crippen molar-refractivity contribution in [1.82, 2.24) is 5.32 Å². The zero-order valence-corrected chi connectivity index (χ0v) is 12.6. The molecule has 1 atom stereocenters. The highest BCUT2D eigenvalue weighted by Crippen LogP contribution is 2.23. The molecule has 18 heavy (non-hydrogen) atoms. The van der Waals surface area contributed by atoms with Crippen molar-refractivity contribution in [2.24, 2.45) is 5.41 Å². The van der Waals surface area contributed by atoms with Crippen LogP contribution in [0.1, 0.15) is 38.8 Å². The first kappa shape index (κ1) is 15.0. The van der Waals surface area contributed by atoms with Crippen LogP contribution in [0.2, 0.25) is 0 Å². The molecule has 0 radical (unpaired) electrons. The molecule has 0 amide bonds. The molecule has 0 aliphatic heterocycles. The summed E-state index contributed by atoms with van der Waals surface area (Å²) < 4.78 is 5.97. The molecule has 0 saturated heterocycles. The minimum atomic E-state index is 0.203. The third-order valence-electron chi connectivity index (χ3n) is 3.23. The number of rotatable bonds is 5. The lowest BCUT2D eigenvalue weighted by Crippen LogP contribution is -2.44. The Balaban J connectivity index is 2.67. The summed E-state index contributed by atoms with van der Waals surface area (Å²) in [4.78, 5) is 0. The van der Waals surface area contributed by atoms with Gasteiger partial charge in [-0.1, -0.05) is 45.4 Å². The lowest BCUT2D eigenvalue weighted by Gasteiger charge is -2.31. The van der Waals surface area contributed by atoms with E-state index in [9.17, 15) is 0 Å². The van der Waals surface area contributed by atoms with E-state index in [1.807, 2.05) is 0 Å². The van der Waals surface area contributed by atoms with Gasteiger partial charge in [0.2, 0.25) is 0 Å². The zero-order valence-electron chi connectivity index (χ0n) is 12.6. The molecular weight excluding hydrogens is 222 g/mol. The van der Waals surface area contributed by atoms with Crippen LogP contribution in [0.5, 0.6) is 5.75 Å². The molecule has 0 saturated carbocycles. The fraction of sp³-hybridized carbons (Fsp3) is 0.625. The zero-order chi connectivity index (χ0) is 13.8. The molecule has 0 aromatic heterocycles. The van der Waals surface area contributed by atoms with Crippen molar-refractivity contribution in [3.8, 4) is 5.75 Å². The van der Waals surface area contributed by atoms with E-state index >= 15 is 0 Å². The topological polar surface area (TPSA) is 21.3 Å². The number of hydrogen-bond donors (Lipinski definition) is 1. The molecule has 1 unspecified atom stereocenters. The molecule has 1 aromatic rings. The Hall–Kier alpha value is -1.02. The van der Waals surface area contributed by atoms with Gasteiger partial charge >= 0.3 is 0 Å². The first-order chi connectivity index (χ1) is 8.34. The highest BCUT2D eigenvalue weighted by atomic mass is 16.5. The van der Waals surface area contributed by atoms with E-state index in [4.69, 9.17) is 4.74 Å². The van der Waals surface area contributed by atoms with Gasteiger partial charge in [-0.2, -0.15) is 0 Å². The summed E-state index contributed by atoms with van der Waals surface area (Å²) in [6.07, 6.45) is 0. The number of hydrogen-bond acceptors (Lipinski definition) is 2. The summed E-state index contributed by atoms with van der Waals surface area (Å²) in [5.74, 6) is 0.993. The highest BCUT2D eigenvalue weighted by molar-refractivity contribution is 5.35. The Kier molecular flexibility index (Phi) is 5.21. The Morgan fingerprint density at radius 3 is 2.39 bits per heavy atom. The summed E-state index contributed by atoms with van der Waals surface area (Å²) >= 11 is 0. The largest absolute Gasteiger partial charge is 0.492 e. The Morgan fingerprint density at radius 2 is 1.89 bits per heavy atom. The van der Waals surface area contributed by atoms with Crippen LogP contribution in [0.15, 0.2) is 18.2 Å². The number of likely N-dealkylation sites (N-methyl/N-ethyl adjacent to an activating group) is 1. The molecule has 0 spiro atoms. The number of aryl methyl sites for hydroxylation is 2. The fourth-order valence-electron chi connectivity index (χ4n) is 2.00. The van der Waals surface area contributed by atoms with Crippen LogP contribution in [-0.4, -0.2) is 19.2 Å². The van der Waals surface area contributed by atoms with Gasteiger partial charge in [0.25, 0.3) is 0 Å². The smallest absolute Gasteiger partial charge is 0.122 e. The summed E-state index contributed by atoms with van der Waals surface area (Å²) in [6, 6.07) is 6.69. The first-order valence-electron chi connectivity index (χ1n) is 6.78. The van der Waals surface area contributed by atoms with Gasteiger partial charge in [0.15, 0.2) is 0 Å². The van der Waals surface area contributed by atoms with Gasteiger partial charge in [-0.15, -0.1) is 0 Å². The Bertz CT molecular complexity index is 379. The molecule has 2 nitrogen and oxygen atoms in total. The van der Waals surface area contributed by atoms with Gasteiger partial charge in [-0.25, -0.2) is 0 Å². The van der Waals surface area contributed by atoms with Gasteiger partial charge < -0.3 is 10.1 Å². The molecule has 0 aliphatic carbocycles. The fourth-order valence-corrected chi connectivity index (χ4v) is 2.00. The third kappa shape index (κ3) is 4.34. The van der Waals surface area contributed by atoms with Crippen LogP contribution >= 0.6 is 0 Å². The van der Waals surface area contributed by atoms with Gasteiger partial charge in [-0.05, 0) is 37.4 Å². The van der Waals surface area contributed by atoms with Crippen LogP contribution in [0.3, 0.4) is 0 Å². The molecular formula is C16H27NO. The third-order valence-corrected chi connectivity index (χ3v) is 3.23. The van der Waals surface area contributed by atoms with Crippen LogP contribution in [0.25, 0.3) is 0 Å². The molecule has 102 valence electrons. The van der Waals surface area contributed by atoms with Crippen molar-refractivity contribution in [3.63, 3.8) is 0 Å². The van der Waals surface area contributed by atoms with Gasteiger partial charge in [0, 0.05) is 6.04 Å². The minimum Gasteiger partial charge on any atom is -0.492 e. The van der Waals surface area contributed by atoms with E-state index in [2.05, 4.69) is 65.1 Å². The maximum atomic E-state index is 5.97. The van der Waals surface area contributed by atoms with Crippen molar-refractivity contribution in [3.05, 3.63) is 29.3 Å². The molecule has 1 rings (SSSR count). The molecule has 0 bridgehead atoms. The second kappa shape index (κ2) is 6.24. The van der Waals surface area contributed by atoms with Gasteiger partial charge in [0.05, 0.1) is 0 Å². The lowest BCUT2D eigenvalue weighted by atomic mass is 9.87. The summed E-state index contributed by atoms with van der Waals surface area (Å²) in [7, 11) is 0. The second-order valence-electron chi connectivity index (χ2n) is 6.06. The van der Waals surface area contributed by atoms with E-state index in [1.54, 1.807) is 0 Å². The van der Waals surface area contributed by atoms with Gasteiger partial charge in [0.1, 0.15) is 12.4 Å². The maximum absolute atomic E-state index is 5.97. The SMILES string of the molecule is CCNC(COc1ccc(C)cc1C)C(C)(C)C. The molecule has 2 heteroatoms. The van der Waals surface area contributed by atoms with Crippen LogP contribution in [-0.2, 0) is 0 Å². The normalized spacial score (nSPS) is 13.4. The van der Waals surface area contributed by atoms with Crippen molar-refractivity contribution in [2.45, 2.75) is 47.6 Å². The molecule has 0 aliphatic rings. The summed E-state index contributed by atoms with van der Waals surface area (Å²) in [5, 5.41) is 3.50. The van der Waals surface area contributed by atoms with Crippen molar-refractivity contribution >= 4 is 0 Å². The monoisotopic (exact) mass is 249 g/mol. The van der Waals surface area contributed by atoms with Crippen molar-refractivity contribution in [2.75, 3.05) is 13.2 Å². The minimum absolute atomic E-state index is 0.203. The van der Waals surface area contributed by atoms with E-state index in [1.165, 1.54) is 11.1 Å². The molecule has 0 heterocycles. The van der Waals surface area contributed by atoms with Crippen molar-refractivity contribution in [1.29, 1.82) is 0 Å². The van der Waals surface area contributed by atoms with E-state index in [0.717, 1.165) is 12.3 Å². The summed E-state index contributed by atoms with van der Waals surface area (Å²) in [5.41, 5.74) is 2.69. The van der Waals surface area contributed by atoms with Crippen LogP contribution in [0.4, 0.5) is 0 Å². The molecule has 1 aromatic carbocycles. The van der Waals surface area contributed by atoms with Crippen molar-refractivity contribution < 1.29 is 4.74 Å². The van der Waals surface area contributed by atoms with Gasteiger partial charge in [-0.3, -0.25) is 0 Å². The Morgan fingerprint density at radius 1 is 1.22 bits per heavy atom. The second-order valence-corrected chi connectivity index (χ2v) is 6.06. The van der Waals surface area contributed by atoms with Crippen LogP contribution in [0, 0.1) is 19.3 Å². The first-order valence-corrected chi connectivity index (χ1v) is 6.78. The summed E-state index contributed by atoms with van der Waals surface area (Å²) in [6.45, 7) is 14.7. The average Bonchev–Trinajstić information content (AvgIpc) is 2.24.